The lowest BCUT2D eigenvalue weighted by Crippen LogP contribution is -2.37. The van der Waals surface area contributed by atoms with Crippen molar-refractivity contribution in [1.82, 2.24) is 8.87 Å². The summed E-state index contributed by atoms with van der Waals surface area (Å²) in [5, 5.41) is 1.78. The molecule has 0 saturated heterocycles. The van der Waals surface area contributed by atoms with Gasteiger partial charge in [-0.15, -0.1) is 0 Å². The molecule has 1 fully saturated rings. The average Bonchev–Trinajstić information content (AvgIpc) is 3.61. The zero-order chi connectivity index (χ0) is 24.6. The number of fused-ring (bicyclic) bond motifs is 1. The van der Waals surface area contributed by atoms with Crippen LogP contribution < -0.4 is 0 Å². The first-order valence-corrected chi connectivity index (χ1v) is 13.0. The molecule has 0 spiro atoms. The highest BCUT2D eigenvalue weighted by Crippen LogP contribution is 2.34. The predicted molar refractivity (Wildman–Crippen MR) is 131 cm³/mol. The molecule has 1 saturated carbocycles. The van der Waals surface area contributed by atoms with Gasteiger partial charge in [0.25, 0.3) is 0 Å². The SMILES string of the molecule is CCOC(=O)c1c(C)c(C(=O)CN(C2CC2)S(=O)(=O)c2ccc3ccccc3c2)c(C)n1CC. The molecule has 0 aliphatic heterocycles. The van der Waals surface area contributed by atoms with Crippen LogP contribution in [0.4, 0.5) is 0 Å². The van der Waals surface area contributed by atoms with Gasteiger partial charge >= 0.3 is 5.97 Å². The molecular formula is C26H30N2O5S. The van der Waals surface area contributed by atoms with E-state index in [2.05, 4.69) is 0 Å². The van der Waals surface area contributed by atoms with Crippen LogP contribution in [-0.2, 0) is 21.3 Å². The summed E-state index contributed by atoms with van der Waals surface area (Å²) in [4.78, 5) is 26.3. The Morgan fingerprint density at radius 3 is 2.35 bits per heavy atom. The molecule has 7 nitrogen and oxygen atoms in total. The number of Topliss-reactive ketones (excluding diaryl/α,β-unsaturated/α-hetero) is 1. The Kier molecular flexibility index (Phi) is 6.64. The molecule has 0 unspecified atom stereocenters. The van der Waals surface area contributed by atoms with E-state index in [9.17, 15) is 18.0 Å². The second-order valence-electron chi connectivity index (χ2n) is 8.61. The monoisotopic (exact) mass is 482 g/mol. The summed E-state index contributed by atoms with van der Waals surface area (Å²) in [5.74, 6) is -0.796. The number of benzene rings is 2. The number of aromatic nitrogens is 1. The predicted octanol–water partition coefficient (Wildman–Crippen LogP) is 4.49. The average molecular weight is 483 g/mol. The van der Waals surface area contributed by atoms with Gasteiger partial charge in [0.15, 0.2) is 5.78 Å². The third kappa shape index (κ3) is 4.28. The number of hydrogen-bond donors (Lipinski definition) is 0. The Hall–Kier alpha value is -2.97. The van der Waals surface area contributed by atoms with Crippen LogP contribution in [0.1, 0.15) is 58.8 Å². The summed E-state index contributed by atoms with van der Waals surface area (Å²) in [6, 6.07) is 12.4. The molecule has 1 aliphatic rings. The van der Waals surface area contributed by atoms with Crippen LogP contribution in [0.25, 0.3) is 10.8 Å². The van der Waals surface area contributed by atoms with Gasteiger partial charge in [-0.05, 0) is 69.0 Å². The van der Waals surface area contributed by atoms with Crippen molar-refractivity contribution in [3.05, 3.63) is 65.0 Å². The Morgan fingerprint density at radius 1 is 1.06 bits per heavy atom. The quantitative estimate of drug-likeness (QED) is 0.331. The molecule has 1 aromatic heterocycles. The molecule has 1 heterocycles. The fourth-order valence-electron chi connectivity index (χ4n) is 4.62. The molecule has 0 bridgehead atoms. The zero-order valence-electron chi connectivity index (χ0n) is 20.0. The lowest BCUT2D eigenvalue weighted by atomic mass is 10.1. The van der Waals surface area contributed by atoms with Gasteiger partial charge in [0.05, 0.1) is 18.0 Å². The fourth-order valence-corrected chi connectivity index (χ4v) is 6.30. The minimum Gasteiger partial charge on any atom is -0.461 e. The van der Waals surface area contributed by atoms with E-state index >= 15 is 0 Å². The van der Waals surface area contributed by atoms with Crippen molar-refractivity contribution in [3.63, 3.8) is 0 Å². The van der Waals surface area contributed by atoms with Crippen LogP contribution in [0.3, 0.4) is 0 Å². The van der Waals surface area contributed by atoms with Gasteiger partial charge < -0.3 is 9.30 Å². The summed E-state index contributed by atoms with van der Waals surface area (Å²) in [6.07, 6.45) is 1.45. The topological polar surface area (TPSA) is 85.7 Å². The third-order valence-corrected chi connectivity index (χ3v) is 8.31. The smallest absolute Gasteiger partial charge is 0.355 e. The minimum atomic E-state index is -3.88. The van der Waals surface area contributed by atoms with Gasteiger partial charge in [-0.3, -0.25) is 4.79 Å². The number of sulfonamides is 1. The Labute approximate surface area is 200 Å². The Balaban J connectivity index is 1.70. The lowest BCUT2D eigenvalue weighted by Gasteiger charge is -2.22. The molecule has 1 aliphatic carbocycles. The highest BCUT2D eigenvalue weighted by molar-refractivity contribution is 7.89. The Bertz CT molecular complexity index is 1370. The first-order valence-electron chi connectivity index (χ1n) is 11.6. The van der Waals surface area contributed by atoms with E-state index in [1.165, 1.54) is 4.31 Å². The van der Waals surface area contributed by atoms with Crippen LogP contribution in [0.15, 0.2) is 47.4 Å². The van der Waals surface area contributed by atoms with Crippen LogP contribution in [-0.4, -0.2) is 48.2 Å². The molecule has 0 atom stereocenters. The summed E-state index contributed by atoms with van der Waals surface area (Å²) < 4.78 is 35.5. The zero-order valence-corrected chi connectivity index (χ0v) is 20.8. The van der Waals surface area contributed by atoms with Gasteiger partial charge in [-0.2, -0.15) is 4.31 Å². The number of carbonyl (C=O) groups is 2. The van der Waals surface area contributed by atoms with Crippen molar-refractivity contribution in [1.29, 1.82) is 0 Å². The number of rotatable bonds is 9. The number of carbonyl (C=O) groups excluding carboxylic acids is 2. The van der Waals surface area contributed by atoms with Crippen LogP contribution >= 0.6 is 0 Å². The second kappa shape index (κ2) is 9.35. The van der Waals surface area contributed by atoms with Crippen molar-refractivity contribution in [2.24, 2.45) is 0 Å². The molecule has 3 aromatic rings. The summed E-state index contributed by atoms with van der Waals surface area (Å²) >= 11 is 0. The highest BCUT2D eigenvalue weighted by Gasteiger charge is 2.40. The summed E-state index contributed by atoms with van der Waals surface area (Å²) in [7, 11) is -3.88. The van der Waals surface area contributed by atoms with E-state index in [0.717, 1.165) is 23.6 Å². The standard InChI is InChI=1S/C26H30N2O5S/c1-5-27-18(4)24(17(3)25(27)26(30)33-6-2)23(29)16-28(21-12-13-21)34(31,32)22-14-11-19-9-7-8-10-20(19)15-22/h7-11,14-15,21H,5-6,12-13,16H2,1-4H3. The normalized spacial score (nSPS) is 14.0. The van der Waals surface area contributed by atoms with Gasteiger partial charge in [0.2, 0.25) is 10.0 Å². The van der Waals surface area contributed by atoms with Gasteiger partial charge in [0.1, 0.15) is 5.69 Å². The molecule has 2 aromatic carbocycles. The number of ketones is 1. The van der Waals surface area contributed by atoms with Crippen molar-refractivity contribution >= 4 is 32.5 Å². The molecule has 180 valence electrons. The number of nitrogens with zero attached hydrogens (tertiary/aromatic N) is 2. The maximum Gasteiger partial charge on any atom is 0.355 e. The van der Waals surface area contributed by atoms with Crippen molar-refractivity contribution in [2.75, 3.05) is 13.2 Å². The van der Waals surface area contributed by atoms with E-state index in [1.807, 2.05) is 31.2 Å². The van der Waals surface area contributed by atoms with Crippen LogP contribution in [0.5, 0.6) is 0 Å². The maximum atomic E-state index is 13.6. The number of ether oxygens (including phenoxy) is 1. The van der Waals surface area contributed by atoms with Gasteiger partial charge in [-0.1, -0.05) is 30.3 Å². The molecule has 8 heteroatoms. The molecule has 0 radical (unpaired) electrons. The summed E-state index contributed by atoms with van der Waals surface area (Å²) in [5.41, 5.74) is 1.92. The van der Waals surface area contributed by atoms with Crippen molar-refractivity contribution < 1.29 is 22.7 Å². The van der Waals surface area contributed by atoms with Crippen LogP contribution in [0, 0.1) is 13.8 Å². The first kappa shape index (κ1) is 24.2. The molecule has 0 amide bonds. The molecule has 0 N–H and O–H groups in total. The van der Waals surface area contributed by atoms with E-state index in [-0.39, 0.29) is 29.9 Å². The van der Waals surface area contributed by atoms with E-state index in [4.69, 9.17) is 4.74 Å². The fraction of sp³-hybridized carbons (Fsp3) is 0.385. The maximum absolute atomic E-state index is 13.6. The third-order valence-electron chi connectivity index (χ3n) is 6.41. The van der Waals surface area contributed by atoms with Crippen molar-refractivity contribution in [2.45, 2.75) is 58.0 Å². The first-order chi connectivity index (χ1) is 16.2. The molecule has 4 rings (SSSR count). The molecular weight excluding hydrogens is 452 g/mol. The largest absolute Gasteiger partial charge is 0.461 e. The lowest BCUT2D eigenvalue weighted by molar-refractivity contribution is 0.0512. The number of hydrogen-bond acceptors (Lipinski definition) is 5. The minimum absolute atomic E-state index is 0.178. The van der Waals surface area contributed by atoms with Gasteiger partial charge in [0, 0.05) is 23.8 Å². The van der Waals surface area contributed by atoms with Crippen molar-refractivity contribution in [3.8, 4) is 0 Å². The molecule has 34 heavy (non-hydrogen) atoms. The van der Waals surface area contributed by atoms with Gasteiger partial charge in [-0.25, -0.2) is 13.2 Å². The van der Waals surface area contributed by atoms with E-state index in [1.54, 1.807) is 43.5 Å². The van der Waals surface area contributed by atoms with E-state index < -0.39 is 16.0 Å². The second-order valence-corrected chi connectivity index (χ2v) is 10.5. The number of esters is 1. The van der Waals surface area contributed by atoms with E-state index in [0.29, 0.717) is 29.1 Å². The Morgan fingerprint density at radius 2 is 1.74 bits per heavy atom. The van der Waals surface area contributed by atoms with Crippen LogP contribution in [0.2, 0.25) is 0 Å². The highest BCUT2D eigenvalue weighted by atomic mass is 32.2. The summed E-state index contributed by atoms with van der Waals surface area (Å²) in [6.45, 7) is 7.59.